The van der Waals surface area contributed by atoms with Crippen LogP contribution in [0.4, 0.5) is 0 Å². The van der Waals surface area contributed by atoms with E-state index in [-0.39, 0.29) is 6.10 Å². The van der Waals surface area contributed by atoms with Crippen LogP contribution in [0.15, 0.2) is 36.4 Å². The van der Waals surface area contributed by atoms with Gasteiger partial charge < -0.3 is 10.5 Å². The van der Waals surface area contributed by atoms with E-state index >= 15 is 0 Å². The lowest BCUT2D eigenvalue weighted by Gasteiger charge is -2.17. The van der Waals surface area contributed by atoms with Gasteiger partial charge in [-0.2, -0.15) is 0 Å². The highest BCUT2D eigenvalue weighted by molar-refractivity contribution is 5.24. The van der Waals surface area contributed by atoms with Gasteiger partial charge in [-0.1, -0.05) is 30.3 Å². The van der Waals surface area contributed by atoms with E-state index in [0.717, 1.165) is 17.0 Å². The summed E-state index contributed by atoms with van der Waals surface area (Å²) >= 11 is 0. The summed E-state index contributed by atoms with van der Waals surface area (Å²) in [7, 11) is 0. The highest BCUT2D eigenvalue weighted by atomic mass is 16.5. The van der Waals surface area contributed by atoms with Gasteiger partial charge in [0.2, 0.25) is 0 Å². The van der Waals surface area contributed by atoms with Gasteiger partial charge in [0, 0.05) is 18.8 Å². The predicted molar refractivity (Wildman–Crippen MR) is 74.6 cm³/mol. The van der Waals surface area contributed by atoms with Gasteiger partial charge >= 0.3 is 0 Å². The molecule has 1 heterocycles. The molecule has 1 aromatic carbocycles. The standard InChI is InChI=1S/C15H19N3O/c1-3-19-14(12-7-5-4-6-8-12)15-17-11(2)9-13(10-16)18-15/h4-9,14H,3,10,16H2,1-2H3. The normalized spacial score (nSPS) is 12.4. The third-order valence-electron chi connectivity index (χ3n) is 2.80. The molecule has 1 unspecified atom stereocenters. The largest absolute Gasteiger partial charge is 0.366 e. The summed E-state index contributed by atoms with van der Waals surface area (Å²) in [5, 5.41) is 0. The predicted octanol–water partition coefficient (Wildman–Crippen LogP) is 2.37. The van der Waals surface area contributed by atoms with E-state index in [1.807, 2.05) is 50.2 Å². The van der Waals surface area contributed by atoms with E-state index < -0.39 is 0 Å². The molecule has 2 rings (SSSR count). The highest BCUT2D eigenvalue weighted by Gasteiger charge is 2.18. The molecule has 0 saturated heterocycles. The quantitative estimate of drug-likeness (QED) is 0.893. The van der Waals surface area contributed by atoms with E-state index in [2.05, 4.69) is 9.97 Å². The van der Waals surface area contributed by atoms with Crippen molar-refractivity contribution in [3.8, 4) is 0 Å². The summed E-state index contributed by atoms with van der Waals surface area (Å²) < 4.78 is 5.80. The number of hydrogen-bond donors (Lipinski definition) is 1. The number of nitrogens with zero attached hydrogens (tertiary/aromatic N) is 2. The van der Waals surface area contributed by atoms with Gasteiger partial charge in [0.1, 0.15) is 6.10 Å². The third-order valence-corrected chi connectivity index (χ3v) is 2.80. The molecule has 0 aliphatic heterocycles. The third kappa shape index (κ3) is 3.36. The summed E-state index contributed by atoms with van der Waals surface area (Å²) in [5.41, 5.74) is 8.47. The van der Waals surface area contributed by atoms with Gasteiger partial charge in [-0.05, 0) is 25.5 Å². The van der Waals surface area contributed by atoms with Crippen LogP contribution >= 0.6 is 0 Å². The van der Waals surface area contributed by atoms with Crippen LogP contribution in [-0.2, 0) is 11.3 Å². The first-order valence-corrected chi connectivity index (χ1v) is 6.45. The maximum Gasteiger partial charge on any atom is 0.162 e. The summed E-state index contributed by atoms with van der Waals surface area (Å²) in [6.07, 6.45) is -0.239. The van der Waals surface area contributed by atoms with Crippen LogP contribution in [0, 0.1) is 6.92 Å². The van der Waals surface area contributed by atoms with Gasteiger partial charge in [-0.25, -0.2) is 9.97 Å². The van der Waals surface area contributed by atoms with Crippen LogP contribution in [0.3, 0.4) is 0 Å². The Kier molecular flexibility index (Phi) is 4.60. The Morgan fingerprint density at radius 1 is 1.21 bits per heavy atom. The molecule has 0 bridgehead atoms. The summed E-state index contributed by atoms with van der Waals surface area (Å²) in [4.78, 5) is 8.97. The molecule has 0 amide bonds. The molecule has 0 fully saturated rings. The fraction of sp³-hybridized carbons (Fsp3) is 0.333. The summed E-state index contributed by atoms with van der Waals surface area (Å²) in [5.74, 6) is 0.675. The lowest BCUT2D eigenvalue weighted by Crippen LogP contribution is -2.13. The Bertz CT molecular complexity index is 528. The smallest absolute Gasteiger partial charge is 0.162 e. The molecule has 0 aliphatic rings. The minimum atomic E-state index is -0.239. The second-order valence-corrected chi connectivity index (χ2v) is 4.31. The first-order valence-electron chi connectivity index (χ1n) is 6.45. The molecule has 4 heteroatoms. The van der Waals surface area contributed by atoms with Crippen molar-refractivity contribution in [1.82, 2.24) is 9.97 Å². The maximum atomic E-state index is 5.80. The van der Waals surface area contributed by atoms with Crippen LogP contribution in [0.5, 0.6) is 0 Å². The molecular formula is C15H19N3O. The van der Waals surface area contributed by atoms with Crippen LogP contribution in [0.1, 0.15) is 35.8 Å². The van der Waals surface area contributed by atoms with Crippen molar-refractivity contribution >= 4 is 0 Å². The molecule has 2 N–H and O–H groups in total. The molecular weight excluding hydrogens is 238 g/mol. The minimum Gasteiger partial charge on any atom is -0.366 e. The molecule has 1 aromatic heterocycles. The lowest BCUT2D eigenvalue weighted by atomic mass is 10.1. The fourth-order valence-corrected chi connectivity index (χ4v) is 1.99. The molecule has 2 aromatic rings. The SMILES string of the molecule is CCOC(c1ccccc1)c1nc(C)cc(CN)n1. The zero-order chi connectivity index (χ0) is 13.7. The van der Waals surface area contributed by atoms with Crippen LogP contribution < -0.4 is 5.73 Å². The van der Waals surface area contributed by atoms with Gasteiger partial charge in [-0.15, -0.1) is 0 Å². The second-order valence-electron chi connectivity index (χ2n) is 4.31. The number of benzene rings is 1. The summed E-state index contributed by atoms with van der Waals surface area (Å²) in [6.45, 7) is 4.92. The second kappa shape index (κ2) is 6.41. The number of hydrogen-bond acceptors (Lipinski definition) is 4. The van der Waals surface area contributed by atoms with E-state index in [1.165, 1.54) is 0 Å². The van der Waals surface area contributed by atoms with Crippen molar-refractivity contribution in [2.24, 2.45) is 5.73 Å². The lowest BCUT2D eigenvalue weighted by molar-refractivity contribution is 0.0848. The van der Waals surface area contributed by atoms with Crippen LogP contribution in [0.2, 0.25) is 0 Å². The van der Waals surface area contributed by atoms with E-state index in [0.29, 0.717) is 19.0 Å². The van der Waals surface area contributed by atoms with Crippen molar-refractivity contribution in [3.63, 3.8) is 0 Å². The van der Waals surface area contributed by atoms with Crippen molar-refractivity contribution in [2.45, 2.75) is 26.5 Å². The Morgan fingerprint density at radius 2 is 1.95 bits per heavy atom. The number of rotatable bonds is 5. The molecule has 0 radical (unpaired) electrons. The molecule has 100 valence electrons. The average Bonchev–Trinajstić information content (AvgIpc) is 2.45. The number of nitrogens with two attached hydrogens (primary N) is 1. The molecule has 1 atom stereocenters. The average molecular weight is 257 g/mol. The monoisotopic (exact) mass is 257 g/mol. The molecule has 0 saturated carbocycles. The molecule has 4 nitrogen and oxygen atoms in total. The van der Waals surface area contributed by atoms with Gasteiger partial charge in [0.25, 0.3) is 0 Å². The number of ether oxygens (including phenoxy) is 1. The fourth-order valence-electron chi connectivity index (χ4n) is 1.99. The Hall–Kier alpha value is -1.78. The van der Waals surface area contributed by atoms with Crippen LogP contribution in [0.25, 0.3) is 0 Å². The Labute approximate surface area is 113 Å². The highest BCUT2D eigenvalue weighted by Crippen LogP contribution is 2.23. The maximum absolute atomic E-state index is 5.80. The number of aryl methyl sites for hydroxylation is 1. The first-order chi connectivity index (χ1) is 9.24. The van der Waals surface area contributed by atoms with Crippen molar-refractivity contribution in [1.29, 1.82) is 0 Å². The molecule has 19 heavy (non-hydrogen) atoms. The van der Waals surface area contributed by atoms with Gasteiger partial charge in [0.15, 0.2) is 5.82 Å². The Balaban J connectivity index is 2.41. The molecule has 0 aliphatic carbocycles. The van der Waals surface area contributed by atoms with Crippen molar-refractivity contribution < 1.29 is 4.74 Å². The number of aromatic nitrogens is 2. The van der Waals surface area contributed by atoms with Gasteiger partial charge in [0.05, 0.1) is 5.69 Å². The first kappa shape index (κ1) is 13.6. The minimum absolute atomic E-state index is 0.239. The zero-order valence-corrected chi connectivity index (χ0v) is 11.3. The van der Waals surface area contributed by atoms with E-state index in [4.69, 9.17) is 10.5 Å². The van der Waals surface area contributed by atoms with Crippen molar-refractivity contribution in [3.05, 3.63) is 59.2 Å². The topological polar surface area (TPSA) is 61.0 Å². The van der Waals surface area contributed by atoms with E-state index in [1.54, 1.807) is 0 Å². The van der Waals surface area contributed by atoms with Crippen LogP contribution in [-0.4, -0.2) is 16.6 Å². The van der Waals surface area contributed by atoms with Gasteiger partial charge in [-0.3, -0.25) is 0 Å². The summed E-state index contributed by atoms with van der Waals surface area (Å²) in [6, 6.07) is 11.9. The molecule has 0 spiro atoms. The van der Waals surface area contributed by atoms with Crippen molar-refractivity contribution in [2.75, 3.05) is 6.61 Å². The van der Waals surface area contributed by atoms with E-state index in [9.17, 15) is 0 Å². The zero-order valence-electron chi connectivity index (χ0n) is 11.3. The Morgan fingerprint density at radius 3 is 2.58 bits per heavy atom.